The lowest BCUT2D eigenvalue weighted by molar-refractivity contribution is -0.0872. The Morgan fingerprint density at radius 1 is 0.857 bits per heavy atom. The predicted octanol–water partition coefficient (Wildman–Crippen LogP) is 4.70. The second kappa shape index (κ2) is 7.50. The van der Waals surface area contributed by atoms with E-state index >= 15 is 0 Å². The molecule has 2 saturated heterocycles. The number of nitrogens with zero attached hydrogens (tertiary/aromatic N) is 1. The third-order valence-electron chi connectivity index (χ3n) is 6.28. The van der Waals surface area contributed by atoms with Crippen molar-refractivity contribution in [2.45, 2.75) is 31.5 Å². The van der Waals surface area contributed by atoms with Crippen LogP contribution in [0.5, 0.6) is 0 Å². The molecule has 0 aromatic heterocycles. The Bertz CT molecular complexity index is 970. The summed E-state index contributed by atoms with van der Waals surface area (Å²) in [4.78, 5) is 15.8. The van der Waals surface area contributed by atoms with Gasteiger partial charge in [-0.15, -0.1) is 0 Å². The molecule has 2 atom stereocenters. The van der Waals surface area contributed by atoms with Gasteiger partial charge in [0.1, 0.15) is 0 Å². The maximum atomic E-state index is 13.3. The van der Waals surface area contributed by atoms with Crippen molar-refractivity contribution >= 4 is 16.6 Å². The number of carbonyl (C=O) groups is 1. The fraction of sp³-hybridized carbons (Fsp3) is 0.320. The zero-order valence-electron chi connectivity index (χ0n) is 16.0. The Kier molecular flexibility index (Phi) is 4.71. The molecule has 3 aromatic carbocycles. The lowest BCUT2D eigenvalue weighted by Crippen LogP contribution is -2.57. The quantitative estimate of drug-likeness (QED) is 0.623. The number of ketones is 1. The molecule has 3 aromatic rings. The zero-order valence-corrected chi connectivity index (χ0v) is 16.0. The van der Waals surface area contributed by atoms with E-state index in [1.165, 1.54) is 10.9 Å². The van der Waals surface area contributed by atoms with Gasteiger partial charge in [-0.2, -0.15) is 0 Å². The van der Waals surface area contributed by atoms with Crippen LogP contribution in [0.15, 0.2) is 72.8 Å². The van der Waals surface area contributed by atoms with Crippen LogP contribution >= 0.6 is 0 Å². The summed E-state index contributed by atoms with van der Waals surface area (Å²) in [5.74, 6) is 0.383. The van der Waals surface area contributed by atoms with Crippen LogP contribution in [0.4, 0.5) is 0 Å². The number of fused-ring (bicyclic) bond motifs is 3. The van der Waals surface area contributed by atoms with Crippen molar-refractivity contribution in [1.82, 2.24) is 4.90 Å². The summed E-state index contributed by atoms with van der Waals surface area (Å²) < 4.78 is 5.84. The first-order chi connectivity index (χ1) is 13.8. The van der Waals surface area contributed by atoms with Crippen molar-refractivity contribution < 1.29 is 9.53 Å². The van der Waals surface area contributed by atoms with Crippen molar-refractivity contribution in [2.75, 3.05) is 13.2 Å². The number of hydrogen-bond donors (Lipinski definition) is 0. The van der Waals surface area contributed by atoms with Crippen molar-refractivity contribution in [2.24, 2.45) is 5.92 Å². The smallest absolute Gasteiger partial charge is 0.166 e. The van der Waals surface area contributed by atoms with Gasteiger partial charge in [0.2, 0.25) is 0 Å². The van der Waals surface area contributed by atoms with Gasteiger partial charge in [0.15, 0.2) is 5.78 Å². The molecule has 142 valence electrons. The minimum atomic E-state index is 0.0899. The van der Waals surface area contributed by atoms with Gasteiger partial charge in [-0.3, -0.25) is 9.69 Å². The summed E-state index contributed by atoms with van der Waals surface area (Å²) in [6.07, 6.45) is 1.77. The molecule has 3 nitrogen and oxygen atoms in total. The molecule has 0 saturated carbocycles. The van der Waals surface area contributed by atoms with E-state index in [4.69, 9.17) is 4.74 Å². The van der Waals surface area contributed by atoms with E-state index < -0.39 is 0 Å². The van der Waals surface area contributed by atoms with Gasteiger partial charge in [-0.1, -0.05) is 66.7 Å². The predicted molar refractivity (Wildman–Crippen MR) is 111 cm³/mol. The van der Waals surface area contributed by atoms with E-state index in [1.807, 2.05) is 18.2 Å². The van der Waals surface area contributed by atoms with E-state index in [-0.39, 0.29) is 5.92 Å². The molecule has 2 bridgehead atoms. The highest BCUT2D eigenvalue weighted by Crippen LogP contribution is 2.35. The summed E-state index contributed by atoms with van der Waals surface area (Å²) >= 11 is 0. The first kappa shape index (κ1) is 17.6. The summed E-state index contributed by atoms with van der Waals surface area (Å²) in [6, 6.07) is 25.6. The second-order valence-corrected chi connectivity index (χ2v) is 8.10. The average Bonchev–Trinajstić information content (AvgIpc) is 2.73. The van der Waals surface area contributed by atoms with Crippen LogP contribution in [0.25, 0.3) is 10.8 Å². The molecule has 2 heterocycles. The molecule has 2 unspecified atom stereocenters. The van der Waals surface area contributed by atoms with Gasteiger partial charge in [0, 0.05) is 30.1 Å². The number of carbonyl (C=O) groups excluding carboxylic acids is 1. The second-order valence-electron chi connectivity index (χ2n) is 8.10. The number of Topliss-reactive ketones (excluding diaryl/α,β-unsaturated/α-hetero) is 1. The first-order valence-corrected chi connectivity index (χ1v) is 10.2. The first-order valence-electron chi connectivity index (χ1n) is 10.2. The fourth-order valence-corrected chi connectivity index (χ4v) is 4.83. The molecule has 3 heteroatoms. The van der Waals surface area contributed by atoms with Crippen LogP contribution in [0.3, 0.4) is 0 Å². The van der Waals surface area contributed by atoms with Crippen LogP contribution in [0.1, 0.15) is 28.8 Å². The van der Waals surface area contributed by atoms with Gasteiger partial charge in [-0.25, -0.2) is 0 Å². The normalized spacial score (nSPS) is 24.9. The fourth-order valence-electron chi connectivity index (χ4n) is 4.83. The number of benzene rings is 3. The standard InChI is InChI=1S/C25H25NO2/c27-25(21-11-10-19-8-4-5-9-20(19)12-21)22-13-23-16-28-17-24(14-22)26(23)15-18-6-2-1-3-7-18/h1-12,22-24H,13-17H2. The molecular weight excluding hydrogens is 346 g/mol. The van der Waals surface area contributed by atoms with Gasteiger partial charge >= 0.3 is 0 Å². The summed E-state index contributed by atoms with van der Waals surface area (Å²) in [6.45, 7) is 2.39. The summed E-state index contributed by atoms with van der Waals surface area (Å²) in [5, 5.41) is 2.32. The molecule has 2 aliphatic heterocycles. The number of rotatable bonds is 4. The average molecular weight is 371 g/mol. The molecular formula is C25H25NO2. The molecule has 0 spiro atoms. The highest BCUT2D eigenvalue weighted by molar-refractivity contribution is 6.01. The Balaban J connectivity index is 1.35. The molecule has 0 radical (unpaired) electrons. The number of hydrogen-bond acceptors (Lipinski definition) is 3. The highest BCUT2D eigenvalue weighted by Gasteiger charge is 2.41. The molecule has 0 aliphatic carbocycles. The molecule has 0 amide bonds. The van der Waals surface area contributed by atoms with Gasteiger partial charge < -0.3 is 4.74 Å². The minimum Gasteiger partial charge on any atom is -0.378 e. The molecule has 28 heavy (non-hydrogen) atoms. The van der Waals surface area contributed by atoms with Crippen molar-refractivity contribution in [3.05, 3.63) is 83.9 Å². The highest BCUT2D eigenvalue weighted by atomic mass is 16.5. The van der Waals surface area contributed by atoms with Gasteiger partial charge in [0.05, 0.1) is 13.2 Å². The monoisotopic (exact) mass is 371 g/mol. The Morgan fingerprint density at radius 3 is 2.29 bits per heavy atom. The van der Waals surface area contributed by atoms with Gasteiger partial charge in [-0.05, 0) is 35.2 Å². The number of morpholine rings is 1. The van der Waals surface area contributed by atoms with Crippen LogP contribution < -0.4 is 0 Å². The van der Waals surface area contributed by atoms with E-state index in [9.17, 15) is 4.79 Å². The topological polar surface area (TPSA) is 29.5 Å². The third kappa shape index (κ3) is 3.36. The molecule has 0 N–H and O–H groups in total. The Labute approximate surface area is 165 Å². The summed E-state index contributed by atoms with van der Waals surface area (Å²) in [5.41, 5.74) is 2.18. The van der Waals surface area contributed by atoms with E-state index in [0.717, 1.165) is 43.5 Å². The lowest BCUT2D eigenvalue weighted by atomic mass is 9.80. The SMILES string of the molecule is O=C(c1ccc2ccccc2c1)C1CC2COCC(C1)N2Cc1ccccc1. The lowest BCUT2D eigenvalue weighted by Gasteiger charge is -2.48. The summed E-state index contributed by atoms with van der Waals surface area (Å²) in [7, 11) is 0. The minimum absolute atomic E-state index is 0.0899. The number of piperidine rings is 1. The maximum Gasteiger partial charge on any atom is 0.166 e. The van der Waals surface area contributed by atoms with Crippen molar-refractivity contribution in [3.63, 3.8) is 0 Å². The number of ether oxygens (including phenoxy) is 1. The third-order valence-corrected chi connectivity index (χ3v) is 6.28. The largest absolute Gasteiger partial charge is 0.378 e. The van der Waals surface area contributed by atoms with Crippen LogP contribution in [-0.2, 0) is 11.3 Å². The van der Waals surface area contributed by atoms with E-state index in [0.29, 0.717) is 17.9 Å². The van der Waals surface area contributed by atoms with Crippen molar-refractivity contribution in [3.8, 4) is 0 Å². The molecule has 2 aliphatic rings. The van der Waals surface area contributed by atoms with Crippen LogP contribution in [0.2, 0.25) is 0 Å². The van der Waals surface area contributed by atoms with Gasteiger partial charge in [0.25, 0.3) is 0 Å². The van der Waals surface area contributed by atoms with Crippen molar-refractivity contribution in [1.29, 1.82) is 0 Å². The molecule has 2 fully saturated rings. The van der Waals surface area contributed by atoms with E-state index in [1.54, 1.807) is 0 Å². The maximum absolute atomic E-state index is 13.3. The van der Waals surface area contributed by atoms with E-state index in [2.05, 4.69) is 59.5 Å². The molecule has 5 rings (SSSR count). The van der Waals surface area contributed by atoms with Crippen LogP contribution in [0, 0.1) is 5.92 Å². The zero-order chi connectivity index (χ0) is 18.9. The Hall–Kier alpha value is -2.49. The van der Waals surface area contributed by atoms with Crippen LogP contribution in [-0.4, -0.2) is 36.0 Å². The Morgan fingerprint density at radius 2 is 1.54 bits per heavy atom.